The predicted octanol–water partition coefficient (Wildman–Crippen LogP) is 1.21. The number of nitrogens with zero attached hydrogens (tertiary/aromatic N) is 1. The molecule has 118 valence electrons. The number of rotatable bonds is 6. The van der Waals surface area contributed by atoms with Crippen LogP contribution in [0.3, 0.4) is 0 Å². The maximum Gasteiger partial charge on any atom is 0.246 e. The maximum atomic E-state index is 13.9. The van der Waals surface area contributed by atoms with Crippen molar-refractivity contribution in [3.05, 3.63) is 23.0 Å². The Kier molecular flexibility index (Phi) is 5.94. The largest absolute Gasteiger partial charge is 0.399 e. The SMILES string of the molecule is CCCNC(=O)CN(C)S(=O)(=O)c1cc(N)cc(Cl)c1F. The Balaban J connectivity index is 3.03. The highest BCUT2D eigenvalue weighted by molar-refractivity contribution is 7.89. The van der Waals surface area contributed by atoms with E-state index in [1.54, 1.807) is 0 Å². The summed E-state index contributed by atoms with van der Waals surface area (Å²) in [6, 6.07) is 2.08. The van der Waals surface area contributed by atoms with Gasteiger partial charge in [0.2, 0.25) is 15.9 Å². The van der Waals surface area contributed by atoms with Crippen LogP contribution in [0.25, 0.3) is 0 Å². The number of sulfonamides is 1. The van der Waals surface area contributed by atoms with E-state index < -0.39 is 38.2 Å². The number of anilines is 1. The summed E-state index contributed by atoms with van der Waals surface area (Å²) in [6.07, 6.45) is 0.724. The van der Waals surface area contributed by atoms with Gasteiger partial charge in [0.15, 0.2) is 5.82 Å². The third-order valence-electron chi connectivity index (χ3n) is 2.64. The number of halogens is 2. The van der Waals surface area contributed by atoms with Crippen LogP contribution in [0, 0.1) is 5.82 Å². The van der Waals surface area contributed by atoms with Crippen molar-refractivity contribution in [2.24, 2.45) is 0 Å². The quantitative estimate of drug-likeness (QED) is 0.763. The molecule has 0 aromatic heterocycles. The summed E-state index contributed by atoms with van der Waals surface area (Å²) in [4.78, 5) is 10.9. The van der Waals surface area contributed by atoms with E-state index in [4.69, 9.17) is 17.3 Å². The third-order valence-corrected chi connectivity index (χ3v) is 4.72. The third kappa shape index (κ3) is 4.29. The molecule has 1 rings (SSSR count). The van der Waals surface area contributed by atoms with Gasteiger partial charge in [-0.25, -0.2) is 12.8 Å². The van der Waals surface area contributed by atoms with Crippen molar-refractivity contribution in [2.75, 3.05) is 25.9 Å². The van der Waals surface area contributed by atoms with Crippen molar-refractivity contribution in [3.63, 3.8) is 0 Å². The summed E-state index contributed by atoms with van der Waals surface area (Å²) in [5.74, 6) is -1.56. The van der Waals surface area contributed by atoms with Gasteiger partial charge in [0.1, 0.15) is 4.90 Å². The van der Waals surface area contributed by atoms with Crippen molar-refractivity contribution in [2.45, 2.75) is 18.2 Å². The first-order valence-corrected chi connectivity index (χ1v) is 7.99. The van der Waals surface area contributed by atoms with Gasteiger partial charge in [0, 0.05) is 19.3 Å². The summed E-state index contributed by atoms with van der Waals surface area (Å²) in [7, 11) is -3.02. The molecule has 3 N–H and O–H groups in total. The lowest BCUT2D eigenvalue weighted by atomic mass is 10.3. The zero-order chi connectivity index (χ0) is 16.2. The minimum atomic E-state index is -4.20. The molecule has 0 spiro atoms. The minimum absolute atomic E-state index is 0.0174. The number of nitrogens with two attached hydrogens (primary N) is 1. The Morgan fingerprint density at radius 1 is 1.48 bits per heavy atom. The number of likely N-dealkylation sites (N-methyl/N-ethyl adjacent to an activating group) is 1. The zero-order valence-electron chi connectivity index (χ0n) is 11.7. The first-order chi connectivity index (χ1) is 9.70. The fraction of sp³-hybridized carbons (Fsp3) is 0.417. The molecular weight excluding hydrogens is 321 g/mol. The van der Waals surface area contributed by atoms with Crippen LogP contribution in [0.1, 0.15) is 13.3 Å². The summed E-state index contributed by atoms with van der Waals surface area (Å²) in [6.45, 7) is 1.88. The van der Waals surface area contributed by atoms with E-state index in [1.165, 1.54) is 7.05 Å². The first-order valence-electron chi connectivity index (χ1n) is 6.17. The Morgan fingerprint density at radius 2 is 2.10 bits per heavy atom. The molecule has 0 unspecified atom stereocenters. The summed E-state index contributed by atoms with van der Waals surface area (Å²) in [5, 5.41) is 2.14. The number of hydrogen-bond donors (Lipinski definition) is 2. The molecule has 0 heterocycles. The number of carbonyl (C=O) groups excluding carboxylic acids is 1. The molecule has 0 aliphatic rings. The molecule has 0 radical (unpaired) electrons. The molecule has 21 heavy (non-hydrogen) atoms. The molecule has 1 aromatic rings. The summed E-state index contributed by atoms with van der Waals surface area (Å²) >= 11 is 5.59. The molecule has 6 nitrogen and oxygen atoms in total. The molecule has 0 atom stereocenters. The van der Waals surface area contributed by atoms with Crippen LogP contribution in [-0.4, -0.2) is 38.8 Å². The maximum absolute atomic E-state index is 13.9. The smallest absolute Gasteiger partial charge is 0.246 e. The Labute approximate surface area is 128 Å². The van der Waals surface area contributed by atoms with E-state index in [-0.39, 0.29) is 5.69 Å². The Hall–Kier alpha value is -1.38. The van der Waals surface area contributed by atoms with Crippen molar-refractivity contribution < 1.29 is 17.6 Å². The topological polar surface area (TPSA) is 92.5 Å². The van der Waals surface area contributed by atoms with E-state index >= 15 is 0 Å². The monoisotopic (exact) mass is 337 g/mol. The number of nitrogens with one attached hydrogen (secondary N) is 1. The minimum Gasteiger partial charge on any atom is -0.399 e. The van der Waals surface area contributed by atoms with Crippen LogP contribution in [-0.2, 0) is 14.8 Å². The molecule has 0 saturated heterocycles. The molecule has 0 fully saturated rings. The van der Waals surface area contributed by atoms with Crippen LogP contribution in [0.4, 0.5) is 10.1 Å². The molecule has 0 bridgehead atoms. The predicted molar refractivity (Wildman–Crippen MR) is 78.9 cm³/mol. The highest BCUT2D eigenvalue weighted by Gasteiger charge is 2.27. The number of hydrogen-bond acceptors (Lipinski definition) is 4. The average Bonchev–Trinajstić information content (AvgIpc) is 2.40. The second-order valence-corrected chi connectivity index (χ2v) is 6.85. The van der Waals surface area contributed by atoms with Crippen molar-refractivity contribution in [1.29, 1.82) is 0 Å². The second kappa shape index (κ2) is 7.06. The highest BCUT2D eigenvalue weighted by Crippen LogP contribution is 2.27. The zero-order valence-corrected chi connectivity index (χ0v) is 13.3. The van der Waals surface area contributed by atoms with Gasteiger partial charge in [-0.1, -0.05) is 18.5 Å². The van der Waals surface area contributed by atoms with E-state index in [9.17, 15) is 17.6 Å². The number of nitrogen functional groups attached to an aromatic ring is 1. The normalized spacial score (nSPS) is 11.7. The lowest BCUT2D eigenvalue weighted by Crippen LogP contribution is -2.38. The number of amides is 1. The Morgan fingerprint density at radius 3 is 2.67 bits per heavy atom. The van der Waals surface area contributed by atoms with Crippen molar-refractivity contribution >= 4 is 33.2 Å². The second-order valence-electron chi connectivity index (χ2n) is 4.43. The number of carbonyl (C=O) groups is 1. The lowest BCUT2D eigenvalue weighted by Gasteiger charge is -2.17. The van der Waals surface area contributed by atoms with Crippen LogP contribution < -0.4 is 11.1 Å². The summed E-state index contributed by atoms with van der Waals surface area (Å²) in [5.41, 5.74) is 5.50. The number of benzene rings is 1. The van der Waals surface area contributed by atoms with E-state index in [0.29, 0.717) is 6.54 Å². The van der Waals surface area contributed by atoms with Crippen molar-refractivity contribution in [3.8, 4) is 0 Å². The van der Waals surface area contributed by atoms with Gasteiger partial charge in [-0.15, -0.1) is 0 Å². The van der Waals surface area contributed by atoms with E-state index in [1.807, 2.05) is 6.92 Å². The van der Waals surface area contributed by atoms with E-state index in [2.05, 4.69) is 5.32 Å². The average molecular weight is 338 g/mol. The molecule has 0 aliphatic carbocycles. The van der Waals surface area contributed by atoms with Crippen molar-refractivity contribution in [1.82, 2.24) is 9.62 Å². The van der Waals surface area contributed by atoms with Crippen LogP contribution >= 0.6 is 11.6 Å². The lowest BCUT2D eigenvalue weighted by molar-refractivity contribution is -0.121. The van der Waals surface area contributed by atoms with Gasteiger partial charge in [0.25, 0.3) is 0 Å². The van der Waals surface area contributed by atoms with E-state index in [0.717, 1.165) is 22.9 Å². The Bertz CT molecular complexity index is 637. The standard InChI is InChI=1S/C12H17ClFN3O3S/c1-3-4-16-11(18)7-17(2)21(19,20)10-6-8(15)5-9(13)12(10)14/h5-6H,3-4,7,15H2,1-2H3,(H,16,18). The molecular formula is C12H17ClFN3O3S. The van der Waals surface area contributed by atoms with Crippen LogP contribution in [0.5, 0.6) is 0 Å². The molecule has 0 saturated carbocycles. The van der Waals surface area contributed by atoms with Gasteiger partial charge in [-0.3, -0.25) is 4.79 Å². The van der Waals surface area contributed by atoms with Gasteiger partial charge >= 0.3 is 0 Å². The van der Waals surface area contributed by atoms with Gasteiger partial charge in [-0.2, -0.15) is 4.31 Å². The molecule has 0 aliphatic heterocycles. The van der Waals surface area contributed by atoms with Crippen LogP contribution in [0.15, 0.2) is 17.0 Å². The first kappa shape index (κ1) is 17.7. The van der Waals surface area contributed by atoms with Gasteiger partial charge in [-0.05, 0) is 18.6 Å². The highest BCUT2D eigenvalue weighted by atomic mass is 35.5. The fourth-order valence-electron chi connectivity index (χ4n) is 1.55. The molecule has 9 heteroatoms. The fourth-order valence-corrected chi connectivity index (χ4v) is 3.08. The van der Waals surface area contributed by atoms with Gasteiger partial charge in [0.05, 0.1) is 11.6 Å². The van der Waals surface area contributed by atoms with Gasteiger partial charge < -0.3 is 11.1 Å². The van der Waals surface area contributed by atoms with Crippen LogP contribution in [0.2, 0.25) is 5.02 Å². The summed E-state index contributed by atoms with van der Waals surface area (Å²) < 4.78 is 39.1. The molecule has 1 amide bonds. The molecule has 1 aromatic carbocycles.